The Bertz CT molecular complexity index is 843. The van der Waals surface area contributed by atoms with Gasteiger partial charge in [-0.3, -0.25) is 4.79 Å². The number of carbonyl (C=O) groups is 2. The summed E-state index contributed by atoms with van der Waals surface area (Å²) in [6.45, 7) is 1.65. The lowest BCUT2D eigenvalue weighted by Gasteiger charge is -2.33. The first-order valence-electron chi connectivity index (χ1n) is 9.03. The average molecular weight is 375 g/mol. The van der Waals surface area contributed by atoms with Crippen molar-refractivity contribution in [1.29, 1.82) is 0 Å². The molecule has 1 heterocycles. The van der Waals surface area contributed by atoms with Gasteiger partial charge in [0.15, 0.2) is 0 Å². The smallest absolute Gasteiger partial charge is 0.329 e. The monoisotopic (exact) mass is 375 g/mol. The maximum atomic E-state index is 13.4. The van der Waals surface area contributed by atoms with E-state index in [2.05, 4.69) is 15.5 Å². The molecule has 27 heavy (non-hydrogen) atoms. The molecule has 1 amide bonds. The molecule has 0 bridgehead atoms. The van der Waals surface area contributed by atoms with Crippen molar-refractivity contribution in [3.63, 3.8) is 0 Å². The van der Waals surface area contributed by atoms with Gasteiger partial charge in [0, 0.05) is 18.4 Å². The first-order chi connectivity index (χ1) is 12.9. The highest BCUT2D eigenvalue weighted by Crippen LogP contribution is 2.28. The van der Waals surface area contributed by atoms with Crippen molar-refractivity contribution in [2.24, 2.45) is 0 Å². The molecular formula is C19H22FN3O4. The quantitative estimate of drug-likeness (QED) is 0.804. The number of hydrogen-bond donors (Lipinski definition) is 2. The molecule has 0 aliphatic heterocycles. The summed E-state index contributed by atoms with van der Waals surface area (Å²) in [5.41, 5.74) is -0.0638. The molecule has 1 saturated carbocycles. The molecule has 1 aliphatic carbocycles. The molecule has 3 rings (SSSR count). The summed E-state index contributed by atoms with van der Waals surface area (Å²) in [6.07, 6.45) is 3.71. The standard InChI is InChI=1S/C19H22FN3O4/c1-12-11-13(5-6-14(12)20)17-21-16(27-23-17)8-7-15(24)22-19(18(25)26)9-3-2-4-10-19/h5-6,11H,2-4,7-10H2,1H3,(H,22,24)(H,25,26). The minimum Gasteiger partial charge on any atom is -0.480 e. The normalized spacial score (nSPS) is 16.1. The molecule has 1 fully saturated rings. The molecule has 0 spiro atoms. The number of aromatic nitrogens is 2. The van der Waals surface area contributed by atoms with Crippen LogP contribution < -0.4 is 5.32 Å². The van der Waals surface area contributed by atoms with Gasteiger partial charge >= 0.3 is 5.97 Å². The van der Waals surface area contributed by atoms with Gasteiger partial charge < -0.3 is 14.9 Å². The van der Waals surface area contributed by atoms with Crippen molar-refractivity contribution in [2.45, 2.75) is 57.4 Å². The van der Waals surface area contributed by atoms with E-state index in [1.54, 1.807) is 19.1 Å². The number of rotatable bonds is 6. The molecule has 8 heteroatoms. The maximum Gasteiger partial charge on any atom is 0.329 e. The number of amides is 1. The van der Waals surface area contributed by atoms with E-state index in [4.69, 9.17) is 4.52 Å². The highest BCUT2D eigenvalue weighted by atomic mass is 19.1. The lowest BCUT2D eigenvalue weighted by molar-refractivity contribution is -0.149. The number of halogens is 1. The number of benzene rings is 1. The molecule has 2 aromatic rings. The summed E-state index contributed by atoms with van der Waals surface area (Å²) in [7, 11) is 0. The van der Waals surface area contributed by atoms with Gasteiger partial charge in [-0.1, -0.05) is 24.4 Å². The van der Waals surface area contributed by atoms with Gasteiger partial charge in [0.05, 0.1) is 0 Å². The number of aryl methyl sites for hydroxylation is 2. The van der Waals surface area contributed by atoms with E-state index in [9.17, 15) is 19.1 Å². The van der Waals surface area contributed by atoms with Gasteiger partial charge in [-0.2, -0.15) is 4.98 Å². The van der Waals surface area contributed by atoms with Crippen LogP contribution >= 0.6 is 0 Å². The van der Waals surface area contributed by atoms with Crippen LogP contribution in [0.3, 0.4) is 0 Å². The molecule has 1 aromatic carbocycles. The van der Waals surface area contributed by atoms with Crippen LogP contribution in [0.4, 0.5) is 4.39 Å². The van der Waals surface area contributed by atoms with Crippen LogP contribution in [0.2, 0.25) is 0 Å². The Morgan fingerprint density at radius 3 is 2.70 bits per heavy atom. The van der Waals surface area contributed by atoms with Gasteiger partial charge in [0.2, 0.25) is 17.6 Å². The highest BCUT2D eigenvalue weighted by Gasteiger charge is 2.40. The first kappa shape index (κ1) is 19.0. The predicted octanol–water partition coefficient (Wildman–Crippen LogP) is 3.02. The molecule has 1 aliphatic rings. The molecule has 144 valence electrons. The lowest BCUT2D eigenvalue weighted by Crippen LogP contribution is -2.55. The zero-order valence-corrected chi connectivity index (χ0v) is 15.1. The van der Waals surface area contributed by atoms with E-state index in [1.807, 2.05) is 0 Å². The Kier molecular flexibility index (Phi) is 5.53. The van der Waals surface area contributed by atoms with Gasteiger partial charge in [0.1, 0.15) is 11.4 Å². The van der Waals surface area contributed by atoms with E-state index in [0.29, 0.717) is 29.8 Å². The van der Waals surface area contributed by atoms with Crippen LogP contribution in [0.25, 0.3) is 11.4 Å². The second kappa shape index (κ2) is 7.85. The molecule has 0 saturated heterocycles. The third kappa shape index (κ3) is 4.32. The molecule has 1 aromatic heterocycles. The van der Waals surface area contributed by atoms with Crippen LogP contribution in [0.15, 0.2) is 22.7 Å². The number of carboxylic acids is 1. The highest BCUT2D eigenvalue weighted by molar-refractivity contribution is 5.87. The minimum absolute atomic E-state index is 0.0547. The average Bonchev–Trinajstić information content (AvgIpc) is 3.12. The van der Waals surface area contributed by atoms with Gasteiger partial charge in [0.25, 0.3) is 0 Å². The largest absolute Gasteiger partial charge is 0.480 e. The number of carboxylic acid groups (broad SMARTS) is 1. The zero-order valence-electron chi connectivity index (χ0n) is 15.1. The fraction of sp³-hybridized carbons (Fsp3) is 0.474. The molecule has 0 atom stereocenters. The second-order valence-electron chi connectivity index (χ2n) is 6.97. The van der Waals surface area contributed by atoms with Crippen molar-refractivity contribution in [3.05, 3.63) is 35.5 Å². The molecule has 0 unspecified atom stereocenters. The number of nitrogens with one attached hydrogen (secondary N) is 1. The third-order valence-corrected chi connectivity index (χ3v) is 4.95. The molecular weight excluding hydrogens is 353 g/mol. The van der Waals surface area contributed by atoms with Crippen LogP contribution in [-0.4, -0.2) is 32.7 Å². The van der Waals surface area contributed by atoms with E-state index in [1.165, 1.54) is 6.07 Å². The van der Waals surface area contributed by atoms with Gasteiger partial charge in [-0.15, -0.1) is 0 Å². The Hall–Kier alpha value is -2.77. The summed E-state index contributed by atoms with van der Waals surface area (Å²) >= 11 is 0. The van der Waals surface area contributed by atoms with Crippen molar-refractivity contribution in [1.82, 2.24) is 15.5 Å². The summed E-state index contributed by atoms with van der Waals surface area (Å²) < 4.78 is 18.5. The molecule has 2 N–H and O–H groups in total. The van der Waals surface area contributed by atoms with Crippen molar-refractivity contribution < 1.29 is 23.6 Å². The zero-order chi connectivity index (χ0) is 19.4. The predicted molar refractivity (Wildman–Crippen MR) is 94.3 cm³/mol. The number of carbonyl (C=O) groups excluding carboxylic acids is 1. The van der Waals surface area contributed by atoms with Gasteiger partial charge in [-0.05, 0) is 43.5 Å². The number of aliphatic carboxylic acids is 1. The fourth-order valence-corrected chi connectivity index (χ4v) is 3.35. The summed E-state index contributed by atoms with van der Waals surface area (Å²) in [5.74, 6) is -1.05. The van der Waals surface area contributed by atoms with Crippen LogP contribution in [0.5, 0.6) is 0 Å². The second-order valence-corrected chi connectivity index (χ2v) is 6.97. The SMILES string of the molecule is Cc1cc(-c2noc(CCC(=O)NC3(C(=O)O)CCCCC3)n2)ccc1F. The minimum atomic E-state index is -1.17. The number of hydrogen-bond acceptors (Lipinski definition) is 5. The molecule has 0 radical (unpaired) electrons. The summed E-state index contributed by atoms with van der Waals surface area (Å²) in [4.78, 5) is 28.1. The van der Waals surface area contributed by atoms with Crippen LogP contribution in [0.1, 0.15) is 50.0 Å². The van der Waals surface area contributed by atoms with Crippen molar-refractivity contribution >= 4 is 11.9 Å². The Morgan fingerprint density at radius 2 is 2.04 bits per heavy atom. The Labute approximate surface area is 156 Å². The maximum absolute atomic E-state index is 13.4. The van der Waals surface area contributed by atoms with Crippen LogP contribution in [0, 0.1) is 12.7 Å². The first-order valence-corrected chi connectivity index (χ1v) is 9.03. The van der Waals surface area contributed by atoms with E-state index >= 15 is 0 Å². The molecule has 7 nitrogen and oxygen atoms in total. The lowest BCUT2D eigenvalue weighted by atomic mass is 9.81. The van der Waals surface area contributed by atoms with E-state index < -0.39 is 11.5 Å². The Balaban J connectivity index is 1.60. The van der Waals surface area contributed by atoms with Crippen molar-refractivity contribution in [3.8, 4) is 11.4 Å². The Morgan fingerprint density at radius 1 is 1.30 bits per heavy atom. The fourth-order valence-electron chi connectivity index (χ4n) is 3.35. The topological polar surface area (TPSA) is 105 Å². The number of nitrogens with zero attached hydrogens (tertiary/aromatic N) is 2. The third-order valence-electron chi connectivity index (χ3n) is 4.95. The van der Waals surface area contributed by atoms with Crippen molar-refractivity contribution in [2.75, 3.05) is 0 Å². The van der Waals surface area contributed by atoms with E-state index in [0.717, 1.165) is 19.3 Å². The van der Waals surface area contributed by atoms with Gasteiger partial charge in [-0.25, -0.2) is 9.18 Å². The van der Waals surface area contributed by atoms with Crippen LogP contribution in [-0.2, 0) is 16.0 Å². The summed E-state index contributed by atoms with van der Waals surface area (Å²) in [6, 6.07) is 4.52. The summed E-state index contributed by atoms with van der Waals surface area (Å²) in [5, 5.41) is 16.1. The van der Waals surface area contributed by atoms with E-state index in [-0.39, 0.29) is 30.5 Å².